The van der Waals surface area contributed by atoms with Crippen molar-refractivity contribution in [3.63, 3.8) is 0 Å². The van der Waals surface area contributed by atoms with Crippen LogP contribution < -0.4 is 31.2 Å². The van der Waals surface area contributed by atoms with Gasteiger partial charge in [0.05, 0.1) is 19.6 Å². The summed E-state index contributed by atoms with van der Waals surface area (Å²) in [6.07, 6.45) is -1.89. The van der Waals surface area contributed by atoms with E-state index in [1.165, 1.54) is 7.11 Å². The van der Waals surface area contributed by atoms with Crippen LogP contribution in [0.3, 0.4) is 0 Å². The number of carboxylic acids is 2. The molecule has 250 valence electrons. The van der Waals surface area contributed by atoms with Crippen LogP contribution in [-0.2, 0) is 25.7 Å². The van der Waals surface area contributed by atoms with Crippen molar-refractivity contribution in [1.29, 1.82) is 5.41 Å². The number of alkyl carbamates (subject to hydrolysis) is 1. The SMILES string of the molecule is COc1cc([C@H](Nc2ccc(C(=N)N)cc2)C(=O)N[C@H](C(=O)O)C(CC(=O)O)NC(=O)OC(C)(C)C)ccc1OCc1ccccc1. The molecule has 14 nitrogen and oxygen atoms in total. The van der Waals surface area contributed by atoms with E-state index in [1.807, 2.05) is 30.3 Å². The predicted octanol–water partition coefficient (Wildman–Crippen LogP) is 3.65. The number of ether oxygens (including phenoxy) is 3. The largest absolute Gasteiger partial charge is 0.493 e. The standard InChI is InChI=1S/C33H39N5O9/c1-33(2,3)47-32(44)37-23(17-26(39)40)28(31(42)43)38-30(41)27(36-22-13-10-20(11-14-22)29(34)35)21-12-15-24(25(16-21)45-4)46-18-19-8-6-5-7-9-19/h5-16,23,27-28,36H,17-18H2,1-4H3,(H3,34,35)(H,37,44)(H,38,41)(H,39,40)(H,42,43)/t23?,27-,28-/m0/s1. The highest BCUT2D eigenvalue weighted by Gasteiger charge is 2.36. The Hall–Kier alpha value is -5.79. The van der Waals surface area contributed by atoms with Crippen LogP contribution in [0.2, 0.25) is 0 Å². The van der Waals surface area contributed by atoms with Gasteiger partial charge in [0, 0.05) is 11.3 Å². The maximum Gasteiger partial charge on any atom is 0.407 e. The number of nitrogens with two attached hydrogens (primary N) is 1. The monoisotopic (exact) mass is 649 g/mol. The molecular weight excluding hydrogens is 610 g/mol. The summed E-state index contributed by atoms with van der Waals surface area (Å²) in [6, 6.07) is 15.8. The Morgan fingerprint density at radius 1 is 0.915 bits per heavy atom. The van der Waals surface area contributed by atoms with Crippen LogP contribution >= 0.6 is 0 Å². The number of rotatable bonds is 15. The van der Waals surface area contributed by atoms with E-state index in [-0.39, 0.29) is 18.2 Å². The molecule has 2 amide bonds. The van der Waals surface area contributed by atoms with E-state index in [4.69, 9.17) is 25.4 Å². The molecule has 0 saturated carbocycles. The van der Waals surface area contributed by atoms with Crippen LogP contribution in [0.1, 0.15) is 49.9 Å². The van der Waals surface area contributed by atoms with Crippen molar-refractivity contribution >= 4 is 35.5 Å². The number of hydrogen-bond acceptors (Lipinski definition) is 9. The lowest BCUT2D eigenvalue weighted by molar-refractivity contribution is -0.144. The molecule has 0 aliphatic carbocycles. The highest BCUT2D eigenvalue weighted by Crippen LogP contribution is 2.32. The van der Waals surface area contributed by atoms with Crippen LogP contribution in [0.25, 0.3) is 0 Å². The smallest absolute Gasteiger partial charge is 0.407 e. The Labute approximate surface area is 271 Å². The van der Waals surface area contributed by atoms with E-state index in [0.717, 1.165) is 5.56 Å². The van der Waals surface area contributed by atoms with Crippen molar-refractivity contribution in [3.8, 4) is 11.5 Å². The van der Waals surface area contributed by atoms with E-state index in [2.05, 4.69) is 16.0 Å². The lowest BCUT2D eigenvalue weighted by Crippen LogP contribution is -2.57. The Morgan fingerprint density at radius 3 is 2.13 bits per heavy atom. The van der Waals surface area contributed by atoms with E-state index < -0.39 is 54.1 Å². The quantitative estimate of drug-likeness (QED) is 0.0930. The first kappa shape index (κ1) is 35.7. The Bertz CT molecular complexity index is 1570. The second-order valence-electron chi connectivity index (χ2n) is 11.4. The molecule has 0 fully saturated rings. The lowest BCUT2D eigenvalue weighted by Gasteiger charge is -2.29. The average molecular weight is 650 g/mol. The number of nitrogen functional groups attached to an aromatic ring is 1. The van der Waals surface area contributed by atoms with Crippen molar-refractivity contribution in [2.75, 3.05) is 12.4 Å². The molecule has 0 aliphatic rings. The van der Waals surface area contributed by atoms with Crippen molar-refractivity contribution in [2.45, 2.75) is 57.5 Å². The van der Waals surface area contributed by atoms with Crippen LogP contribution in [-0.4, -0.2) is 64.8 Å². The molecule has 14 heteroatoms. The van der Waals surface area contributed by atoms with Crippen LogP contribution in [0.5, 0.6) is 11.5 Å². The number of benzene rings is 3. The molecule has 47 heavy (non-hydrogen) atoms. The first-order valence-corrected chi connectivity index (χ1v) is 14.5. The topological polar surface area (TPSA) is 222 Å². The summed E-state index contributed by atoms with van der Waals surface area (Å²) in [5, 5.41) is 34.9. The molecule has 0 spiro atoms. The van der Waals surface area contributed by atoms with Gasteiger partial charge in [-0.1, -0.05) is 36.4 Å². The van der Waals surface area contributed by atoms with E-state index in [0.29, 0.717) is 22.6 Å². The summed E-state index contributed by atoms with van der Waals surface area (Å²) in [7, 11) is 1.43. The minimum absolute atomic E-state index is 0.159. The second-order valence-corrected chi connectivity index (χ2v) is 11.4. The number of carboxylic acid groups (broad SMARTS) is 2. The zero-order valence-electron chi connectivity index (χ0n) is 26.4. The third-order valence-corrected chi connectivity index (χ3v) is 6.59. The normalized spacial score (nSPS) is 12.9. The van der Waals surface area contributed by atoms with Crippen molar-refractivity contribution in [2.24, 2.45) is 5.73 Å². The van der Waals surface area contributed by atoms with Crippen LogP contribution in [0, 0.1) is 5.41 Å². The molecule has 0 radical (unpaired) electrons. The van der Waals surface area contributed by atoms with Gasteiger partial charge in [0.1, 0.15) is 30.1 Å². The van der Waals surface area contributed by atoms with Gasteiger partial charge in [0.2, 0.25) is 5.91 Å². The van der Waals surface area contributed by atoms with Gasteiger partial charge in [-0.15, -0.1) is 0 Å². The fraction of sp³-hybridized carbons (Fsp3) is 0.303. The number of hydrogen-bond donors (Lipinski definition) is 7. The molecule has 0 bridgehead atoms. The summed E-state index contributed by atoms with van der Waals surface area (Å²) in [6.45, 7) is 5.00. The molecule has 3 rings (SSSR count). The number of methoxy groups -OCH3 is 1. The third-order valence-electron chi connectivity index (χ3n) is 6.59. The summed E-state index contributed by atoms with van der Waals surface area (Å²) >= 11 is 0. The van der Waals surface area contributed by atoms with Gasteiger partial charge >= 0.3 is 18.0 Å². The molecule has 0 aliphatic heterocycles. The van der Waals surface area contributed by atoms with E-state index in [9.17, 15) is 29.4 Å². The van der Waals surface area contributed by atoms with E-state index >= 15 is 0 Å². The molecule has 3 atom stereocenters. The second kappa shape index (κ2) is 16.0. The van der Waals surface area contributed by atoms with Gasteiger partial charge in [-0.25, -0.2) is 9.59 Å². The number of amidine groups is 1. The molecule has 0 aromatic heterocycles. The summed E-state index contributed by atoms with van der Waals surface area (Å²) in [5.41, 5.74) is 6.72. The first-order valence-electron chi connectivity index (χ1n) is 14.5. The zero-order valence-corrected chi connectivity index (χ0v) is 26.4. The van der Waals surface area contributed by atoms with Crippen molar-refractivity contribution < 1.29 is 43.6 Å². The average Bonchev–Trinajstić information content (AvgIpc) is 3.00. The van der Waals surface area contributed by atoms with Crippen LogP contribution in [0.4, 0.5) is 10.5 Å². The first-order chi connectivity index (χ1) is 22.2. The van der Waals surface area contributed by atoms with Crippen molar-refractivity contribution in [3.05, 3.63) is 89.5 Å². The van der Waals surface area contributed by atoms with Gasteiger partial charge in [-0.2, -0.15) is 0 Å². The Balaban J connectivity index is 1.97. The molecule has 1 unspecified atom stereocenters. The molecule has 0 heterocycles. The summed E-state index contributed by atoms with van der Waals surface area (Å²) in [4.78, 5) is 50.4. The number of aliphatic carboxylic acids is 2. The minimum Gasteiger partial charge on any atom is -0.493 e. The minimum atomic E-state index is -1.87. The molecule has 3 aromatic carbocycles. The molecule has 8 N–H and O–H groups in total. The predicted molar refractivity (Wildman–Crippen MR) is 173 cm³/mol. The van der Waals surface area contributed by atoms with Gasteiger partial charge in [0.15, 0.2) is 11.5 Å². The zero-order chi connectivity index (χ0) is 34.7. The summed E-state index contributed by atoms with van der Waals surface area (Å²) in [5.74, 6) is -3.36. The molecule has 0 saturated heterocycles. The number of carbonyl (C=O) groups excluding carboxylic acids is 2. The molecule has 3 aromatic rings. The number of amides is 2. The maximum absolute atomic E-state index is 13.9. The molecular formula is C33H39N5O9. The van der Waals surface area contributed by atoms with Gasteiger partial charge in [0.25, 0.3) is 0 Å². The summed E-state index contributed by atoms with van der Waals surface area (Å²) < 4.78 is 16.7. The van der Waals surface area contributed by atoms with Crippen molar-refractivity contribution in [1.82, 2.24) is 10.6 Å². The lowest BCUT2D eigenvalue weighted by atomic mass is 10.0. The van der Waals surface area contributed by atoms with Crippen LogP contribution in [0.15, 0.2) is 72.8 Å². The third kappa shape index (κ3) is 11.0. The number of carbonyl (C=O) groups is 4. The van der Waals surface area contributed by atoms with Gasteiger partial charge < -0.3 is 46.1 Å². The van der Waals surface area contributed by atoms with Gasteiger partial charge in [-0.05, 0) is 68.3 Å². The Morgan fingerprint density at radius 2 is 1.57 bits per heavy atom. The fourth-order valence-corrected chi connectivity index (χ4v) is 4.40. The Kier molecular flexibility index (Phi) is 12.1. The number of anilines is 1. The maximum atomic E-state index is 13.9. The van der Waals surface area contributed by atoms with E-state index in [1.54, 1.807) is 63.2 Å². The van der Waals surface area contributed by atoms with Gasteiger partial charge in [-0.3, -0.25) is 15.0 Å². The fourth-order valence-electron chi connectivity index (χ4n) is 4.40. The highest BCUT2D eigenvalue weighted by molar-refractivity contribution is 5.95. The highest BCUT2D eigenvalue weighted by atomic mass is 16.6. The number of nitrogens with one attached hydrogen (secondary N) is 4.